The van der Waals surface area contributed by atoms with E-state index in [4.69, 9.17) is 27.9 Å². The highest BCUT2D eigenvalue weighted by Gasteiger charge is 2.18. The molecule has 3 aromatic carbocycles. The third-order valence-corrected chi connectivity index (χ3v) is 5.24. The van der Waals surface area contributed by atoms with Gasteiger partial charge in [0, 0.05) is 16.7 Å². The summed E-state index contributed by atoms with van der Waals surface area (Å²) in [5, 5.41) is 24.0. The third-order valence-electron chi connectivity index (χ3n) is 4.57. The molecule has 3 rings (SSSR count). The van der Waals surface area contributed by atoms with Crippen LogP contribution in [0, 0.1) is 28.4 Å². The van der Waals surface area contributed by atoms with Crippen molar-refractivity contribution < 1.29 is 14.5 Å². The number of carbonyl (C=O) groups is 1. The van der Waals surface area contributed by atoms with Crippen molar-refractivity contribution in [3.63, 3.8) is 0 Å². The van der Waals surface area contributed by atoms with Crippen molar-refractivity contribution in [2.45, 2.75) is 13.5 Å². The first-order valence-corrected chi connectivity index (χ1v) is 10.4. The van der Waals surface area contributed by atoms with Gasteiger partial charge in [-0.2, -0.15) is 5.26 Å². The van der Waals surface area contributed by atoms with Crippen LogP contribution in [0.3, 0.4) is 0 Å². The lowest BCUT2D eigenvalue weighted by Crippen LogP contribution is -2.14. The van der Waals surface area contributed by atoms with Gasteiger partial charge in [0.1, 0.15) is 29.7 Å². The van der Waals surface area contributed by atoms with E-state index in [0.29, 0.717) is 21.9 Å². The molecule has 0 saturated heterocycles. The number of hydrogen-bond acceptors (Lipinski definition) is 5. The predicted molar refractivity (Wildman–Crippen MR) is 127 cm³/mol. The summed E-state index contributed by atoms with van der Waals surface area (Å²) in [7, 11) is 0. The Morgan fingerprint density at radius 1 is 1.15 bits per heavy atom. The first kappa shape index (κ1) is 23.8. The van der Waals surface area contributed by atoms with Gasteiger partial charge < -0.3 is 10.1 Å². The summed E-state index contributed by atoms with van der Waals surface area (Å²) in [6.07, 6.45) is 1.33. The van der Waals surface area contributed by atoms with Gasteiger partial charge in [0.15, 0.2) is 0 Å². The quantitative estimate of drug-likeness (QED) is 0.183. The number of anilines is 1. The van der Waals surface area contributed by atoms with E-state index in [1.165, 1.54) is 18.2 Å². The van der Waals surface area contributed by atoms with Crippen molar-refractivity contribution in [3.8, 4) is 11.8 Å². The van der Waals surface area contributed by atoms with E-state index in [0.717, 1.165) is 5.56 Å². The minimum Gasteiger partial charge on any atom is -0.487 e. The number of halogens is 2. The number of amides is 1. The molecule has 0 heterocycles. The van der Waals surface area contributed by atoms with Crippen LogP contribution in [0.25, 0.3) is 6.08 Å². The van der Waals surface area contributed by atoms with Crippen LogP contribution in [-0.2, 0) is 11.4 Å². The molecule has 0 bridgehead atoms. The number of hydrogen-bond donors (Lipinski definition) is 1. The molecule has 0 radical (unpaired) electrons. The van der Waals surface area contributed by atoms with Gasteiger partial charge in [-0.05, 0) is 48.4 Å². The third kappa shape index (κ3) is 6.10. The molecular weight excluding hydrogens is 465 g/mol. The lowest BCUT2D eigenvalue weighted by Gasteiger charge is -2.10. The maximum Gasteiger partial charge on any atom is 0.293 e. The fourth-order valence-corrected chi connectivity index (χ4v) is 3.33. The minimum atomic E-state index is -0.778. The summed E-state index contributed by atoms with van der Waals surface area (Å²) in [6.45, 7) is 1.92. The maximum absolute atomic E-state index is 12.6. The molecule has 9 heteroatoms. The number of nitro groups is 1. The van der Waals surface area contributed by atoms with Gasteiger partial charge >= 0.3 is 0 Å². The minimum absolute atomic E-state index is 0.00176. The Morgan fingerprint density at radius 2 is 1.91 bits per heavy atom. The highest BCUT2D eigenvalue weighted by atomic mass is 35.5. The Morgan fingerprint density at radius 3 is 2.58 bits per heavy atom. The van der Waals surface area contributed by atoms with Gasteiger partial charge in [-0.15, -0.1) is 0 Å². The Hall–Kier alpha value is -3.86. The van der Waals surface area contributed by atoms with Gasteiger partial charge in [0.25, 0.3) is 11.6 Å². The van der Waals surface area contributed by atoms with Crippen LogP contribution >= 0.6 is 23.2 Å². The average molecular weight is 482 g/mol. The molecule has 0 saturated carbocycles. The van der Waals surface area contributed by atoms with Crippen molar-refractivity contribution in [2.24, 2.45) is 0 Å². The smallest absolute Gasteiger partial charge is 0.293 e. The summed E-state index contributed by atoms with van der Waals surface area (Å²) in [5.41, 5.74) is 1.44. The molecule has 1 amide bonds. The van der Waals surface area contributed by atoms with Gasteiger partial charge in [-0.25, -0.2) is 0 Å². The number of nitrogens with zero attached hydrogens (tertiary/aromatic N) is 2. The molecule has 0 aliphatic heterocycles. The van der Waals surface area contributed by atoms with Crippen molar-refractivity contribution >= 4 is 46.6 Å². The molecule has 0 aliphatic carbocycles. The van der Waals surface area contributed by atoms with E-state index in [2.05, 4.69) is 5.32 Å². The molecule has 0 unspecified atom stereocenters. The van der Waals surface area contributed by atoms with Gasteiger partial charge in [0.2, 0.25) is 0 Å². The van der Waals surface area contributed by atoms with E-state index < -0.39 is 10.8 Å². The summed E-state index contributed by atoms with van der Waals surface area (Å²) < 4.78 is 5.72. The molecule has 3 aromatic rings. The molecule has 0 aromatic heterocycles. The second kappa shape index (κ2) is 10.6. The normalized spacial score (nSPS) is 10.9. The number of nitriles is 1. The number of ether oxygens (including phenoxy) is 1. The van der Waals surface area contributed by atoms with Crippen LogP contribution in [-0.4, -0.2) is 10.8 Å². The lowest BCUT2D eigenvalue weighted by molar-refractivity contribution is -0.384. The van der Waals surface area contributed by atoms with Crippen LogP contribution in [0.4, 0.5) is 11.4 Å². The fraction of sp³-hybridized carbons (Fsp3) is 0.0833. The Labute approximate surface area is 200 Å². The van der Waals surface area contributed by atoms with E-state index in [-0.39, 0.29) is 28.6 Å². The molecular formula is C24H17Cl2N3O4. The SMILES string of the molecule is Cc1ccc(NC(=O)/C(C#N)=C/c2ccc(OCc3ccccc3Cl)c(Cl)c2)c([N+](=O)[O-])c1. The number of benzene rings is 3. The Bertz CT molecular complexity index is 1300. The molecule has 0 spiro atoms. The predicted octanol–water partition coefficient (Wildman–Crippen LogP) is 6.33. The topological polar surface area (TPSA) is 105 Å². The van der Waals surface area contributed by atoms with Crippen LogP contribution in [0.1, 0.15) is 16.7 Å². The number of rotatable bonds is 7. The zero-order valence-electron chi connectivity index (χ0n) is 17.3. The van der Waals surface area contributed by atoms with Gasteiger partial charge in [-0.1, -0.05) is 53.5 Å². The van der Waals surface area contributed by atoms with Crippen molar-refractivity contribution in [1.82, 2.24) is 0 Å². The second-order valence-corrected chi connectivity index (χ2v) is 7.79. The fourth-order valence-electron chi connectivity index (χ4n) is 2.90. The summed E-state index contributed by atoms with van der Waals surface area (Å²) in [6, 6.07) is 18.2. The number of aryl methyl sites for hydroxylation is 1. The maximum atomic E-state index is 12.6. The number of nitrogens with one attached hydrogen (secondary N) is 1. The van der Waals surface area contributed by atoms with Crippen molar-refractivity contribution in [2.75, 3.05) is 5.32 Å². The monoisotopic (exact) mass is 481 g/mol. The van der Waals surface area contributed by atoms with E-state index >= 15 is 0 Å². The van der Waals surface area contributed by atoms with Crippen molar-refractivity contribution in [3.05, 3.63) is 103 Å². The van der Waals surface area contributed by atoms with E-state index in [9.17, 15) is 20.2 Å². The van der Waals surface area contributed by atoms with Gasteiger partial charge in [0.05, 0.1) is 9.95 Å². The van der Waals surface area contributed by atoms with Crippen LogP contribution in [0.2, 0.25) is 10.0 Å². The molecule has 0 fully saturated rings. The molecule has 0 aliphatic rings. The summed E-state index contributed by atoms with van der Waals surface area (Å²) in [4.78, 5) is 23.2. The van der Waals surface area contributed by atoms with E-state index in [1.807, 2.05) is 24.3 Å². The zero-order valence-corrected chi connectivity index (χ0v) is 18.9. The van der Waals surface area contributed by atoms with Crippen LogP contribution < -0.4 is 10.1 Å². The summed E-state index contributed by atoms with van der Waals surface area (Å²) in [5.74, 6) is -0.369. The average Bonchev–Trinajstić information content (AvgIpc) is 2.78. The highest BCUT2D eigenvalue weighted by Crippen LogP contribution is 2.29. The Balaban J connectivity index is 1.76. The molecule has 1 N–H and O–H groups in total. The molecule has 0 atom stereocenters. The largest absolute Gasteiger partial charge is 0.487 e. The van der Waals surface area contributed by atoms with Crippen molar-refractivity contribution in [1.29, 1.82) is 5.26 Å². The molecule has 166 valence electrons. The standard InChI is InChI=1S/C24H17Cl2N3O4/c1-15-6-8-21(22(10-15)29(31)32)28-24(30)18(13-27)11-16-7-9-23(20(26)12-16)33-14-17-4-2-3-5-19(17)25/h2-12H,14H2,1H3,(H,28,30)/b18-11+. The first-order chi connectivity index (χ1) is 15.8. The Kier molecular flexibility index (Phi) is 7.67. The number of nitro benzene ring substituents is 1. The first-order valence-electron chi connectivity index (χ1n) is 9.62. The summed E-state index contributed by atoms with van der Waals surface area (Å²) >= 11 is 12.4. The highest BCUT2D eigenvalue weighted by molar-refractivity contribution is 6.32. The zero-order chi connectivity index (χ0) is 24.0. The van der Waals surface area contributed by atoms with Crippen LogP contribution in [0.5, 0.6) is 5.75 Å². The molecule has 7 nitrogen and oxygen atoms in total. The lowest BCUT2D eigenvalue weighted by atomic mass is 10.1. The van der Waals surface area contributed by atoms with Crippen LogP contribution in [0.15, 0.2) is 66.2 Å². The van der Waals surface area contributed by atoms with Gasteiger partial charge in [-0.3, -0.25) is 14.9 Å². The molecule has 33 heavy (non-hydrogen) atoms. The van der Waals surface area contributed by atoms with E-state index in [1.54, 1.807) is 37.3 Å². The second-order valence-electron chi connectivity index (χ2n) is 6.97. The number of carbonyl (C=O) groups excluding carboxylic acids is 1.